The molecule has 0 unspecified atom stereocenters. The van der Waals surface area contributed by atoms with Crippen LogP contribution >= 0.6 is 0 Å². The van der Waals surface area contributed by atoms with E-state index in [4.69, 9.17) is 0 Å². The molecule has 8 heteroatoms. The van der Waals surface area contributed by atoms with Crippen molar-refractivity contribution in [3.63, 3.8) is 0 Å². The van der Waals surface area contributed by atoms with Crippen LogP contribution < -0.4 is 0 Å². The lowest BCUT2D eigenvalue weighted by molar-refractivity contribution is -0.141. The fraction of sp³-hybridized carbons (Fsp3) is 0.231. The Kier molecular flexibility index (Phi) is 3.75. The number of hydrogen-bond donors (Lipinski definition) is 0. The van der Waals surface area contributed by atoms with Crippen LogP contribution in [0.1, 0.15) is 11.3 Å². The maximum Gasteiger partial charge on any atom is 0.433 e. The maximum absolute atomic E-state index is 12.9. The summed E-state index contributed by atoms with van der Waals surface area (Å²) < 4.78 is 61.6. The van der Waals surface area contributed by atoms with Gasteiger partial charge in [-0.2, -0.15) is 13.2 Å². The van der Waals surface area contributed by atoms with E-state index in [0.717, 1.165) is 12.3 Å². The summed E-state index contributed by atoms with van der Waals surface area (Å²) in [4.78, 5) is 6.86. The molecule has 0 amide bonds. The molecule has 0 spiro atoms. The average Bonchev–Trinajstić information content (AvgIpc) is 2.36. The summed E-state index contributed by atoms with van der Waals surface area (Å²) in [5.74, 6) is 0. The first-order valence-electron chi connectivity index (χ1n) is 5.81. The molecule has 1 heterocycles. The van der Waals surface area contributed by atoms with Gasteiger partial charge in [-0.05, 0) is 18.6 Å². The number of halogens is 3. The Morgan fingerprint density at radius 1 is 1.10 bits per heavy atom. The number of nitrogens with zero attached hydrogens (tertiary/aromatic N) is 2. The van der Waals surface area contributed by atoms with Gasteiger partial charge in [0, 0.05) is 11.8 Å². The van der Waals surface area contributed by atoms with Crippen molar-refractivity contribution in [2.75, 3.05) is 6.26 Å². The minimum Gasteiger partial charge on any atom is -0.221 e. The van der Waals surface area contributed by atoms with Crippen LogP contribution in [0.25, 0.3) is 11.3 Å². The van der Waals surface area contributed by atoms with Crippen LogP contribution in [0.15, 0.2) is 35.5 Å². The summed E-state index contributed by atoms with van der Waals surface area (Å²) in [7, 11) is -3.95. The van der Waals surface area contributed by atoms with Crippen LogP contribution in [0.5, 0.6) is 0 Å². The Balaban J connectivity index is 2.76. The van der Waals surface area contributed by atoms with Gasteiger partial charge in [-0.15, -0.1) is 0 Å². The molecule has 0 saturated carbocycles. The molecule has 0 aliphatic heterocycles. The largest absolute Gasteiger partial charge is 0.433 e. The van der Waals surface area contributed by atoms with Gasteiger partial charge in [0.2, 0.25) is 15.0 Å². The highest BCUT2D eigenvalue weighted by Gasteiger charge is 2.34. The summed E-state index contributed by atoms with van der Waals surface area (Å²) in [6.45, 7) is 1.70. The number of sulfone groups is 1. The molecule has 0 atom stereocenters. The predicted octanol–water partition coefficient (Wildman–Crippen LogP) is 2.87. The van der Waals surface area contributed by atoms with E-state index in [2.05, 4.69) is 9.97 Å². The molecule has 1 aromatic heterocycles. The van der Waals surface area contributed by atoms with E-state index in [9.17, 15) is 21.6 Å². The lowest BCUT2D eigenvalue weighted by atomic mass is 10.1. The second-order valence-corrected chi connectivity index (χ2v) is 6.42. The number of hydrogen-bond acceptors (Lipinski definition) is 4. The molecule has 0 saturated heterocycles. The van der Waals surface area contributed by atoms with Crippen LogP contribution in [0.4, 0.5) is 13.2 Å². The molecular weight excluding hydrogens is 305 g/mol. The third kappa shape index (κ3) is 3.38. The fourth-order valence-electron chi connectivity index (χ4n) is 1.73. The molecule has 2 aromatic rings. The molecule has 1 aromatic carbocycles. The van der Waals surface area contributed by atoms with Gasteiger partial charge in [0.1, 0.15) is 5.69 Å². The molecular formula is C13H11F3N2O2S. The molecule has 0 fully saturated rings. The summed E-state index contributed by atoms with van der Waals surface area (Å²) >= 11 is 0. The average molecular weight is 316 g/mol. The van der Waals surface area contributed by atoms with E-state index >= 15 is 0 Å². The molecule has 0 radical (unpaired) electrons. The van der Waals surface area contributed by atoms with Crippen LogP contribution in [0.3, 0.4) is 0 Å². The van der Waals surface area contributed by atoms with Crippen molar-refractivity contribution in [1.29, 1.82) is 0 Å². The molecule has 0 bridgehead atoms. The number of rotatable bonds is 2. The summed E-state index contributed by atoms with van der Waals surface area (Å²) in [5.41, 5.74) is -0.244. The Morgan fingerprint density at radius 3 is 2.24 bits per heavy atom. The Labute approximate surface area is 119 Å². The normalized spacial score (nSPS) is 12.4. The van der Waals surface area contributed by atoms with Crippen LogP contribution in [-0.2, 0) is 16.0 Å². The van der Waals surface area contributed by atoms with E-state index in [1.165, 1.54) is 0 Å². The van der Waals surface area contributed by atoms with E-state index in [0.29, 0.717) is 11.1 Å². The predicted molar refractivity (Wildman–Crippen MR) is 70.3 cm³/mol. The standard InChI is InChI=1S/C13H11F3N2O2S/c1-8-5-3-4-6-9(8)10-7-11(13(14,15)16)18-12(17-10)21(2,19)20/h3-7H,1-2H3. The highest BCUT2D eigenvalue weighted by atomic mass is 32.2. The third-order valence-electron chi connectivity index (χ3n) is 2.75. The number of alkyl halides is 3. The zero-order chi connectivity index (χ0) is 15.8. The second-order valence-electron chi connectivity index (χ2n) is 4.51. The Hall–Kier alpha value is -1.96. The Morgan fingerprint density at radius 2 is 1.71 bits per heavy atom. The summed E-state index contributed by atoms with van der Waals surface area (Å²) in [6.07, 6.45) is -3.98. The van der Waals surface area contributed by atoms with Crippen molar-refractivity contribution < 1.29 is 21.6 Å². The van der Waals surface area contributed by atoms with Crippen molar-refractivity contribution in [3.05, 3.63) is 41.6 Å². The monoisotopic (exact) mass is 316 g/mol. The number of benzene rings is 1. The topological polar surface area (TPSA) is 59.9 Å². The van der Waals surface area contributed by atoms with Gasteiger partial charge >= 0.3 is 6.18 Å². The van der Waals surface area contributed by atoms with Crippen LogP contribution in [-0.4, -0.2) is 24.6 Å². The van der Waals surface area contributed by atoms with Crippen molar-refractivity contribution in [2.24, 2.45) is 0 Å². The minimum atomic E-state index is -4.75. The first kappa shape index (κ1) is 15.4. The van der Waals surface area contributed by atoms with Gasteiger partial charge in [-0.1, -0.05) is 24.3 Å². The van der Waals surface area contributed by atoms with Crippen LogP contribution in [0.2, 0.25) is 0 Å². The molecule has 21 heavy (non-hydrogen) atoms. The molecule has 0 aliphatic carbocycles. The molecule has 112 valence electrons. The molecule has 0 aliphatic rings. The zero-order valence-corrected chi connectivity index (χ0v) is 12.0. The van der Waals surface area contributed by atoms with Crippen molar-refractivity contribution in [3.8, 4) is 11.3 Å². The van der Waals surface area contributed by atoms with Crippen molar-refractivity contribution >= 4 is 9.84 Å². The van der Waals surface area contributed by atoms with E-state index in [1.807, 2.05) is 0 Å². The van der Waals surface area contributed by atoms with E-state index in [-0.39, 0.29) is 5.69 Å². The molecule has 2 rings (SSSR count). The van der Waals surface area contributed by atoms with E-state index in [1.54, 1.807) is 31.2 Å². The van der Waals surface area contributed by atoms with Gasteiger partial charge in [0.25, 0.3) is 0 Å². The molecule has 0 N–H and O–H groups in total. The van der Waals surface area contributed by atoms with E-state index < -0.39 is 26.9 Å². The van der Waals surface area contributed by atoms with Crippen LogP contribution in [0, 0.1) is 6.92 Å². The van der Waals surface area contributed by atoms with Gasteiger partial charge in [0.05, 0.1) is 5.69 Å². The first-order chi connectivity index (χ1) is 9.59. The van der Waals surface area contributed by atoms with Gasteiger partial charge in [0.15, 0.2) is 0 Å². The lowest BCUT2D eigenvalue weighted by Gasteiger charge is -2.11. The minimum absolute atomic E-state index is 0.0733. The highest BCUT2D eigenvalue weighted by Crippen LogP contribution is 2.31. The quantitative estimate of drug-likeness (QED) is 0.799. The van der Waals surface area contributed by atoms with Gasteiger partial charge in [-0.25, -0.2) is 18.4 Å². The summed E-state index contributed by atoms with van der Waals surface area (Å²) in [6, 6.07) is 7.38. The Bertz CT molecular complexity index is 786. The summed E-state index contributed by atoms with van der Waals surface area (Å²) in [5, 5.41) is -0.837. The van der Waals surface area contributed by atoms with Crippen molar-refractivity contribution in [2.45, 2.75) is 18.3 Å². The lowest BCUT2D eigenvalue weighted by Crippen LogP contribution is -2.14. The SMILES string of the molecule is Cc1ccccc1-c1cc(C(F)(F)F)nc(S(C)(=O)=O)n1. The van der Waals surface area contributed by atoms with Crippen molar-refractivity contribution in [1.82, 2.24) is 9.97 Å². The number of aryl methyl sites for hydroxylation is 1. The second kappa shape index (κ2) is 5.10. The first-order valence-corrected chi connectivity index (χ1v) is 7.70. The molecule has 4 nitrogen and oxygen atoms in total. The fourth-order valence-corrected chi connectivity index (χ4v) is 2.26. The third-order valence-corrected chi connectivity index (χ3v) is 3.59. The maximum atomic E-state index is 12.9. The highest BCUT2D eigenvalue weighted by molar-refractivity contribution is 7.90. The smallest absolute Gasteiger partial charge is 0.221 e. The van der Waals surface area contributed by atoms with Gasteiger partial charge < -0.3 is 0 Å². The van der Waals surface area contributed by atoms with Gasteiger partial charge in [-0.3, -0.25) is 0 Å². The number of aromatic nitrogens is 2. The zero-order valence-electron chi connectivity index (χ0n) is 11.1.